The van der Waals surface area contributed by atoms with Crippen LogP contribution in [0.5, 0.6) is 0 Å². The van der Waals surface area contributed by atoms with Crippen molar-refractivity contribution in [2.24, 2.45) is 5.41 Å². The molecule has 0 saturated heterocycles. The van der Waals surface area contributed by atoms with Crippen LogP contribution in [0, 0.1) is 5.41 Å². The highest BCUT2D eigenvalue weighted by Gasteiger charge is 2.28. The van der Waals surface area contributed by atoms with Crippen LogP contribution in [0.4, 0.5) is 0 Å². The number of carbonyl (C=O) groups is 1. The van der Waals surface area contributed by atoms with E-state index in [1.807, 2.05) is 0 Å². The van der Waals surface area contributed by atoms with Crippen molar-refractivity contribution in [2.75, 3.05) is 0 Å². The normalized spacial score (nSPS) is 14.9. The number of rotatable bonds is 7. The average Bonchev–Trinajstić information content (AvgIpc) is 2.12. The Labute approximate surface area is 80.7 Å². The number of aliphatic carboxylic acids is 1. The van der Waals surface area contributed by atoms with Gasteiger partial charge < -0.3 is 5.11 Å². The Hall–Kier alpha value is -0.790. The van der Waals surface area contributed by atoms with E-state index in [0.717, 1.165) is 12.8 Å². The highest BCUT2D eigenvalue weighted by atomic mass is 16.4. The van der Waals surface area contributed by atoms with Crippen molar-refractivity contribution >= 4 is 5.97 Å². The first-order valence-electron chi connectivity index (χ1n) is 4.94. The lowest BCUT2D eigenvalue weighted by atomic mass is 9.85. The molecule has 0 saturated carbocycles. The van der Waals surface area contributed by atoms with Crippen LogP contribution in [0.3, 0.4) is 0 Å². The van der Waals surface area contributed by atoms with Gasteiger partial charge in [-0.15, -0.1) is 6.58 Å². The predicted octanol–water partition coefficient (Wildman–Crippen LogP) is 3.23. The molecule has 76 valence electrons. The fraction of sp³-hybridized carbons (Fsp3) is 0.727. The third-order valence-electron chi connectivity index (χ3n) is 2.49. The van der Waals surface area contributed by atoms with Crippen LogP contribution in [-0.4, -0.2) is 11.1 Å². The van der Waals surface area contributed by atoms with Gasteiger partial charge in [-0.3, -0.25) is 4.79 Å². The summed E-state index contributed by atoms with van der Waals surface area (Å²) in [6.07, 6.45) is 6.70. The summed E-state index contributed by atoms with van der Waals surface area (Å²) in [4.78, 5) is 10.8. The highest BCUT2D eigenvalue weighted by Crippen LogP contribution is 2.26. The largest absolute Gasteiger partial charge is 0.481 e. The Morgan fingerprint density at radius 1 is 1.46 bits per heavy atom. The minimum absolute atomic E-state index is 0.700. The standard InChI is InChI=1S/C11H20O2/c1-4-6-7-8-9-11(3,5-2)10(12)13/h5H,2,4,6-9H2,1,3H3,(H,12,13). The summed E-state index contributed by atoms with van der Waals surface area (Å²) in [5.41, 5.74) is -0.728. The first kappa shape index (κ1) is 12.2. The number of hydrogen-bond acceptors (Lipinski definition) is 1. The molecule has 0 aliphatic carbocycles. The van der Waals surface area contributed by atoms with Crippen LogP contribution in [0.25, 0.3) is 0 Å². The lowest BCUT2D eigenvalue weighted by Crippen LogP contribution is -2.24. The van der Waals surface area contributed by atoms with Crippen LogP contribution in [0.2, 0.25) is 0 Å². The minimum Gasteiger partial charge on any atom is -0.481 e. The van der Waals surface area contributed by atoms with Crippen molar-refractivity contribution in [3.63, 3.8) is 0 Å². The highest BCUT2D eigenvalue weighted by molar-refractivity contribution is 5.76. The zero-order valence-corrected chi connectivity index (χ0v) is 8.68. The van der Waals surface area contributed by atoms with E-state index in [0.29, 0.717) is 6.42 Å². The number of hydrogen-bond donors (Lipinski definition) is 1. The summed E-state index contributed by atoms with van der Waals surface area (Å²) in [6, 6.07) is 0. The van der Waals surface area contributed by atoms with Crippen molar-refractivity contribution in [1.82, 2.24) is 0 Å². The molecule has 0 fully saturated rings. The fourth-order valence-electron chi connectivity index (χ4n) is 1.22. The van der Waals surface area contributed by atoms with Crippen molar-refractivity contribution < 1.29 is 9.90 Å². The summed E-state index contributed by atoms with van der Waals surface area (Å²) in [5, 5.41) is 8.92. The monoisotopic (exact) mass is 184 g/mol. The first-order valence-corrected chi connectivity index (χ1v) is 4.94. The Kier molecular flexibility index (Phi) is 5.44. The van der Waals surface area contributed by atoms with Crippen LogP contribution in [0.15, 0.2) is 12.7 Å². The molecule has 2 nitrogen and oxygen atoms in total. The molecule has 0 rings (SSSR count). The summed E-state index contributed by atoms with van der Waals surface area (Å²) >= 11 is 0. The molecule has 0 aromatic heterocycles. The molecule has 13 heavy (non-hydrogen) atoms. The molecule has 1 unspecified atom stereocenters. The maximum atomic E-state index is 10.8. The molecule has 0 bridgehead atoms. The zero-order chi connectivity index (χ0) is 10.3. The summed E-state index contributed by atoms with van der Waals surface area (Å²) in [6.45, 7) is 7.45. The number of carboxylic acid groups (broad SMARTS) is 1. The van der Waals surface area contributed by atoms with Gasteiger partial charge >= 0.3 is 5.97 Å². The van der Waals surface area contributed by atoms with E-state index < -0.39 is 11.4 Å². The molecule has 0 aromatic rings. The topological polar surface area (TPSA) is 37.3 Å². The first-order chi connectivity index (χ1) is 6.06. The molecular formula is C11H20O2. The fourth-order valence-corrected chi connectivity index (χ4v) is 1.22. The quantitative estimate of drug-likeness (QED) is 0.487. The second-order valence-corrected chi connectivity index (χ2v) is 3.74. The van der Waals surface area contributed by atoms with Gasteiger partial charge in [0.25, 0.3) is 0 Å². The van der Waals surface area contributed by atoms with E-state index in [1.54, 1.807) is 13.0 Å². The van der Waals surface area contributed by atoms with Gasteiger partial charge in [0.05, 0.1) is 5.41 Å². The molecule has 0 radical (unpaired) electrons. The van der Waals surface area contributed by atoms with Gasteiger partial charge in [0.15, 0.2) is 0 Å². The third kappa shape index (κ3) is 4.11. The molecule has 0 spiro atoms. The summed E-state index contributed by atoms with van der Waals surface area (Å²) in [7, 11) is 0. The Morgan fingerprint density at radius 3 is 2.46 bits per heavy atom. The van der Waals surface area contributed by atoms with E-state index >= 15 is 0 Å². The third-order valence-corrected chi connectivity index (χ3v) is 2.49. The van der Waals surface area contributed by atoms with Crippen LogP contribution in [0.1, 0.15) is 46.0 Å². The Morgan fingerprint density at radius 2 is 2.08 bits per heavy atom. The SMILES string of the molecule is C=CC(C)(CCCCCC)C(=O)O. The van der Waals surface area contributed by atoms with Gasteiger partial charge in [0.2, 0.25) is 0 Å². The molecular weight excluding hydrogens is 164 g/mol. The molecule has 0 aromatic carbocycles. The molecule has 1 atom stereocenters. The maximum absolute atomic E-state index is 10.8. The number of carboxylic acids is 1. The molecule has 0 aliphatic heterocycles. The number of unbranched alkanes of at least 4 members (excludes halogenated alkanes) is 3. The average molecular weight is 184 g/mol. The van der Waals surface area contributed by atoms with Gasteiger partial charge in [-0.05, 0) is 13.3 Å². The van der Waals surface area contributed by atoms with Crippen LogP contribution >= 0.6 is 0 Å². The summed E-state index contributed by atoms with van der Waals surface area (Å²) < 4.78 is 0. The van der Waals surface area contributed by atoms with Crippen molar-refractivity contribution in [3.05, 3.63) is 12.7 Å². The van der Waals surface area contributed by atoms with E-state index in [-0.39, 0.29) is 0 Å². The van der Waals surface area contributed by atoms with E-state index in [9.17, 15) is 4.79 Å². The van der Waals surface area contributed by atoms with E-state index in [2.05, 4.69) is 13.5 Å². The zero-order valence-electron chi connectivity index (χ0n) is 8.68. The Balaban J connectivity index is 3.85. The van der Waals surface area contributed by atoms with Crippen LogP contribution < -0.4 is 0 Å². The smallest absolute Gasteiger partial charge is 0.313 e. The second kappa shape index (κ2) is 5.79. The maximum Gasteiger partial charge on any atom is 0.313 e. The lowest BCUT2D eigenvalue weighted by molar-refractivity contribution is -0.145. The minimum atomic E-state index is -0.765. The van der Waals surface area contributed by atoms with Crippen molar-refractivity contribution in [1.29, 1.82) is 0 Å². The van der Waals surface area contributed by atoms with Gasteiger partial charge in [0.1, 0.15) is 0 Å². The van der Waals surface area contributed by atoms with Gasteiger partial charge in [-0.1, -0.05) is 38.7 Å². The van der Waals surface area contributed by atoms with Crippen molar-refractivity contribution in [2.45, 2.75) is 46.0 Å². The molecule has 0 amide bonds. The molecule has 0 heterocycles. The summed E-state index contributed by atoms with van der Waals surface area (Å²) in [5.74, 6) is -0.765. The van der Waals surface area contributed by atoms with Gasteiger partial charge in [-0.2, -0.15) is 0 Å². The van der Waals surface area contributed by atoms with E-state index in [1.165, 1.54) is 12.8 Å². The van der Waals surface area contributed by atoms with Gasteiger partial charge in [-0.25, -0.2) is 0 Å². The second-order valence-electron chi connectivity index (χ2n) is 3.74. The molecule has 1 N–H and O–H groups in total. The molecule has 2 heteroatoms. The van der Waals surface area contributed by atoms with Crippen molar-refractivity contribution in [3.8, 4) is 0 Å². The Bertz CT molecular complexity index is 175. The lowest BCUT2D eigenvalue weighted by Gasteiger charge is -2.19. The van der Waals surface area contributed by atoms with Gasteiger partial charge in [0, 0.05) is 0 Å². The molecule has 0 aliphatic rings. The van der Waals surface area contributed by atoms with E-state index in [4.69, 9.17) is 5.11 Å². The van der Waals surface area contributed by atoms with Crippen LogP contribution in [-0.2, 0) is 4.79 Å². The predicted molar refractivity (Wildman–Crippen MR) is 54.7 cm³/mol.